The Labute approximate surface area is 209 Å². The molecular formula is C28H28N4O4. The molecule has 2 atom stereocenters. The summed E-state index contributed by atoms with van der Waals surface area (Å²) in [5.41, 5.74) is 3.79. The molecule has 0 spiro atoms. The van der Waals surface area contributed by atoms with Gasteiger partial charge in [-0.15, -0.1) is 0 Å². The van der Waals surface area contributed by atoms with Crippen molar-refractivity contribution in [3.63, 3.8) is 0 Å². The summed E-state index contributed by atoms with van der Waals surface area (Å²) in [5.74, 6) is -1.03. The molecule has 0 saturated carbocycles. The highest BCUT2D eigenvalue weighted by atomic mass is 16.3. The second-order valence-corrected chi connectivity index (χ2v) is 8.62. The van der Waals surface area contributed by atoms with Gasteiger partial charge in [0.25, 0.3) is 5.91 Å². The van der Waals surface area contributed by atoms with Crippen LogP contribution in [0.5, 0.6) is 5.75 Å². The summed E-state index contributed by atoms with van der Waals surface area (Å²) < 4.78 is 0. The minimum absolute atomic E-state index is 0.161. The van der Waals surface area contributed by atoms with Gasteiger partial charge in [-0.1, -0.05) is 60.7 Å². The number of fused-ring (bicyclic) bond motifs is 1. The lowest BCUT2D eigenvalue weighted by molar-refractivity contribution is -0.130. The van der Waals surface area contributed by atoms with E-state index in [1.807, 2.05) is 54.6 Å². The molecule has 3 aromatic rings. The van der Waals surface area contributed by atoms with Crippen molar-refractivity contribution in [2.75, 3.05) is 11.9 Å². The molecule has 0 aromatic heterocycles. The number of para-hydroxylation sites is 1. The third-order valence-corrected chi connectivity index (χ3v) is 6.02. The fourth-order valence-electron chi connectivity index (χ4n) is 4.00. The quantitative estimate of drug-likeness (QED) is 0.479. The van der Waals surface area contributed by atoms with E-state index in [9.17, 15) is 19.5 Å². The average molecular weight is 485 g/mol. The number of aryl methyl sites for hydroxylation is 1. The van der Waals surface area contributed by atoms with E-state index >= 15 is 0 Å². The van der Waals surface area contributed by atoms with E-state index in [-0.39, 0.29) is 24.0 Å². The number of hydrogen-bond donors (Lipinski definition) is 3. The van der Waals surface area contributed by atoms with Crippen LogP contribution in [-0.2, 0) is 20.8 Å². The first-order chi connectivity index (χ1) is 17.3. The first-order valence-electron chi connectivity index (χ1n) is 11.7. The molecule has 3 aromatic carbocycles. The fraction of sp³-hybridized carbons (Fsp3) is 0.214. The molecule has 0 saturated heterocycles. The summed E-state index contributed by atoms with van der Waals surface area (Å²) in [5, 5.41) is 14.8. The number of aromatic hydroxyl groups is 1. The Bertz CT molecular complexity index is 1290. The highest BCUT2D eigenvalue weighted by Crippen LogP contribution is 2.27. The van der Waals surface area contributed by atoms with Gasteiger partial charge in [0.05, 0.1) is 11.4 Å². The number of amides is 3. The van der Waals surface area contributed by atoms with Crippen molar-refractivity contribution in [1.82, 2.24) is 10.6 Å². The molecule has 1 aliphatic rings. The van der Waals surface area contributed by atoms with Crippen LogP contribution in [0.2, 0.25) is 0 Å². The molecule has 8 heteroatoms. The number of carbonyl (C=O) groups excluding carboxylic acids is 3. The number of anilines is 1. The molecule has 1 unspecified atom stereocenters. The Hall–Kier alpha value is -4.46. The molecule has 1 heterocycles. The average Bonchev–Trinajstić information content (AvgIpc) is 2.99. The Morgan fingerprint density at radius 3 is 2.39 bits per heavy atom. The molecule has 0 aliphatic carbocycles. The maximum Gasteiger partial charge on any atom is 0.272 e. The van der Waals surface area contributed by atoms with Crippen LogP contribution in [-0.4, -0.2) is 47.8 Å². The lowest BCUT2D eigenvalue weighted by Gasteiger charge is -2.22. The molecule has 0 fully saturated rings. The van der Waals surface area contributed by atoms with Crippen LogP contribution in [0.25, 0.3) is 0 Å². The van der Waals surface area contributed by atoms with Gasteiger partial charge in [0.1, 0.15) is 11.8 Å². The number of benzodiazepines with no additional fused rings is 1. The van der Waals surface area contributed by atoms with Crippen molar-refractivity contribution in [2.24, 2.45) is 4.99 Å². The highest BCUT2D eigenvalue weighted by molar-refractivity contribution is 6.20. The Balaban J connectivity index is 1.48. The summed E-state index contributed by atoms with van der Waals surface area (Å²) in [7, 11) is 1.65. The van der Waals surface area contributed by atoms with Crippen LogP contribution >= 0.6 is 0 Å². The number of benzene rings is 3. The zero-order chi connectivity index (χ0) is 25.7. The van der Waals surface area contributed by atoms with Crippen LogP contribution < -0.4 is 15.5 Å². The van der Waals surface area contributed by atoms with E-state index in [1.165, 1.54) is 4.90 Å². The Kier molecular flexibility index (Phi) is 7.44. The van der Waals surface area contributed by atoms with Crippen molar-refractivity contribution >= 4 is 29.1 Å². The standard InChI is InChI=1S/C28H28N4O4/c1-18(29-24(34)17-14-19-12-15-21(33)16-13-19)27(35)31-26-28(36)32(2)23-11-7-6-10-22(23)25(30-26)20-8-4-3-5-9-20/h3-13,15-16,18,26,33H,14,17H2,1-2H3,(H,29,34)(H,31,35)/t18?,26-/m1/s1. The van der Waals surface area contributed by atoms with E-state index < -0.39 is 18.1 Å². The number of nitrogens with zero attached hydrogens (tertiary/aromatic N) is 2. The first kappa shape index (κ1) is 24.7. The third-order valence-electron chi connectivity index (χ3n) is 6.02. The van der Waals surface area contributed by atoms with Gasteiger partial charge in [0.2, 0.25) is 18.0 Å². The second-order valence-electron chi connectivity index (χ2n) is 8.62. The molecular weight excluding hydrogens is 456 g/mol. The van der Waals surface area contributed by atoms with E-state index in [0.29, 0.717) is 17.8 Å². The van der Waals surface area contributed by atoms with Crippen LogP contribution in [0.1, 0.15) is 30.0 Å². The van der Waals surface area contributed by atoms with Crippen molar-refractivity contribution in [3.05, 3.63) is 95.6 Å². The van der Waals surface area contributed by atoms with Crippen LogP contribution in [0.4, 0.5) is 5.69 Å². The van der Waals surface area contributed by atoms with Gasteiger partial charge in [0, 0.05) is 24.6 Å². The molecule has 36 heavy (non-hydrogen) atoms. The van der Waals surface area contributed by atoms with E-state index in [1.54, 1.807) is 38.2 Å². The lowest BCUT2D eigenvalue weighted by Crippen LogP contribution is -2.52. The van der Waals surface area contributed by atoms with E-state index in [0.717, 1.165) is 16.7 Å². The molecule has 4 rings (SSSR count). The number of likely N-dealkylation sites (N-methyl/N-ethyl adjacent to an activating group) is 1. The van der Waals surface area contributed by atoms with Crippen LogP contribution in [0.3, 0.4) is 0 Å². The second kappa shape index (κ2) is 10.9. The van der Waals surface area contributed by atoms with Crippen molar-refractivity contribution < 1.29 is 19.5 Å². The summed E-state index contributed by atoms with van der Waals surface area (Å²) in [6.07, 6.45) is -0.504. The van der Waals surface area contributed by atoms with Gasteiger partial charge in [-0.25, -0.2) is 4.99 Å². The van der Waals surface area contributed by atoms with Gasteiger partial charge in [-0.3, -0.25) is 14.4 Å². The normalized spacial score (nSPS) is 15.8. The molecule has 3 amide bonds. The van der Waals surface area contributed by atoms with E-state index in [4.69, 9.17) is 0 Å². The largest absolute Gasteiger partial charge is 0.508 e. The van der Waals surface area contributed by atoms with Crippen LogP contribution in [0, 0.1) is 0 Å². The Morgan fingerprint density at radius 2 is 1.67 bits per heavy atom. The lowest BCUT2D eigenvalue weighted by atomic mass is 10.0. The number of carbonyl (C=O) groups is 3. The molecule has 0 bridgehead atoms. The number of nitrogens with one attached hydrogen (secondary N) is 2. The van der Waals surface area contributed by atoms with Gasteiger partial charge >= 0.3 is 0 Å². The van der Waals surface area contributed by atoms with Gasteiger partial charge in [-0.05, 0) is 37.1 Å². The number of phenols is 1. The zero-order valence-corrected chi connectivity index (χ0v) is 20.1. The maximum atomic E-state index is 13.2. The Morgan fingerprint density at radius 1 is 1.00 bits per heavy atom. The van der Waals surface area contributed by atoms with E-state index in [2.05, 4.69) is 15.6 Å². The zero-order valence-electron chi connectivity index (χ0n) is 20.1. The highest BCUT2D eigenvalue weighted by Gasteiger charge is 2.32. The molecule has 1 aliphatic heterocycles. The monoisotopic (exact) mass is 484 g/mol. The van der Waals surface area contributed by atoms with Crippen LogP contribution in [0.15, 0.2) is 83.9 Å². The molecule has 3 N–H and O–H groups in total. The van der Waals surface area contributed by atoms with Gasteiger partial charge < -0.3 is 20.6 Å². The number of phenolic OH excluding ortho intramolecular Hbond substituents is 1. The minimum atomic E-state index is -1.15. The summed E-state index contributed by atoms with van der Waals surface area (Å²) in [4.78, 5) is 44.7. The van der Waals surface area contributed by atoms with Gasteiger partial charge in [0.15, 0.2) is 0 Å². The predicted octanol–water partition coefficient (Wildman–Crippen LogP) is 2.79. The van der Waals surface area contributed by atoms with Crippen molar-refractivity contribution in [2.45, 2.75) is 32.0 Å². The number of hydrogen-bond acceptors (Lipinski definition) is 5. The van der Waals surface area contributed by atoms with Crippen molar-refractivity contribution in [1.29, 1.82) is 0 Å². The molecule has 0 radical (unpaired) electrons. The predicted molar refractivity (Wildman–Crippen MR) is 138 cm³/mol. The fourth-order valence-corrected chi connectivity index (χ4v) is 4.00. The topological polar surface area (TPSA) is 111 Å². The molecule has 184 valence electrons. The SMILES string of the molecule is CC(NC(=O)CCc1ccc(O)cc1)C(=O)N[C@H]1N=C(c2ccccc2)c2ccccc2N(C)C1=O. The number of rotatable bonds is 7. The first-order valence-corrected chi connectivity index (χ1v) is 11.7. The maximum absolute atomic E-state index is 13.2. The summed E-state index contributed by atoms with van der Waals surface area (Å²) in [6, 6.07) is 22.7. The molecule has 8 nitrogen and oxygen atoms in total. The third kappa shape index (κ3) is 5.60. The summed E-state index contributed by atoms with van der Waals surface area (Å²) >= 11 is 0. The van der Waals surface area contributed by atoms with Crippen molar-refractivity contribution in [3.8, 4) is 5.75 Å². The number of aliphatic imine (C=N–C) groups is 1. The smallest absolute Gasteiger partial charge is 0.272 e. The summed E-state index contributed by atoms with van der Waals surface area (Å²) in [6.45, 7) is 1.56. The van der Waals surface area contributed by atoms with Gasteiger partial charge in [-0.2, -0.15) is 0 Å². The minimum Gasteiger partial charge on any atom is -0.508 e.